The van der Waals surface area contributed by atoms with Gasteiger partial charge in [0.25, 0.3) is 11.5 Å². The molecule has 158 valence electrons. The molecule has 31 heavy (non-hydrogen) atoms. The number of nitrogens with one attached hydrogen (secondary N) is 1. The number of nitrogens with zero attached hydrogens (tertiary/aromatic N) is 3. The summed E-state index contributed by atoms with van der Waals surface area (Å²) in [6.45, 7) is 0.446. The van der Waals surface area contributed by atoms with Gasteiger partial charge in [0, 0.05) is 35.3 Å². The Balaban J connectivity index is 1.78. The number of hydrogen-bond donors (Lipinski definition) is 2. The number of nitrogen functional groups attached to an aromatic ring is 1. The Kier molecular flexibility index (Phi) is 5.86. The van der Waals surface area contributed by atoms with Crippen molar-refractivity contribution in [3.05, 3.63) is 84.9 Å². The summed E-state index contributed by atoms with van der Waals surface area (Å²) in [7, 11) is 1.57. The van der Waals surface area contributed by atoms with E-state index >= 15 is 0 Å². The Morgan fingerprint density at radius 1 is 1.16 bits per heavy atom. The molecule has 1 aromatic carbocycles. The molecule has 0 aliphatic carbocycles. The fourth-order valence-electron chi connectivity index (χ4n) is 3.03. The predicted molar refractivity (Wildman–Crippen MR) is 125 cm³/mol. The van der Waals surface area contributed by atoms with E-state index < -0.39 is 5.91 Å². The van der Waals surface area contributed by atoms with Crippen LogP contribution in [0.2, 0.25) is 9.49 Å². The van der Waals surface area contributed by atoms with Crippen LogP contribution in [-0.4, -0.2) is 20.3 Å². The SMILES string of the molecule is Cn1c(Cl)c(-c2cc(NCc3ccc(Cl)s3)n(C(=O)c3ccccc3N)n2)ccc1=O. The molecule has 0 atom stereocenters. The molecule has 3 N–H and O–H groups in total. The van der Waals surface area contributed by atoms with Crippen LogP contribution in [0.25, 0.3) is 11.3 Å². The van der Waals surface area contributed by atoms with Gasteiger partial charge in [-0.3, -0.25) is 9.59 Å². The molecule has 0 aliphatic rings. The third kappa shape index (κ3) is 4.23. The summed E-state index contributed by atoms with van der Waals surface area (Å²) in [5, 5.41) is 7.92. The minimum absolute atomic E-state index is 0.223. The maximum Gasteiger partial charge on any atom is 0.282 e. The van der Waals surface area contributed by atoms with Gasteiger partial charge in [-0.25, -0.2) is 0 Å². The molecular formula is C21H17Cl2N5O2S. The van der Waals surface area contributed by atoms with Crippen LogP contribution in [0.1, 0.15) is 15.2 Å². The van der Waals surface area contributed by atoms with E-state index in [0.29, 0.717) is 39.2 Å². The molecule has 0 fully saturated rings. The van der Waals surface area contributed by atoms with Crippen molar-refractivity contribution in [2.24, 2.45) is 7.05 Å². The van der Waals surface area contributed by atoms with Crippen LogP contribution in [-0.2, 0) is 13.6 Å². The molecule has 0 radical (unpaired) electrons. The number of aromatic nitrogens is 3. The molecule has 0 bridgehead atoms. The zero-order valence-corrected chi connectivity index (χ0v) is 18.6. The Morgan fingerprint density at radius 3 is 2.65 bits per heavy atom. The number of nitrogens with two attached hydrogens (primary N) is 1. The molecule has 4 rings (SSSR count). The van der Waals surface area contributed by atoms with E-state index in [1.807, 2.05) is 12.1 Å². The van der Waals surface area contributed by atoms with Crippen LogP contribution in [0.3, 0.4) is 0 Å². The highest BCUT2D eigenvalue weighted by atomic mass is 35.5. The lowest BCUT2D eigenvalue weighted by Gasteiger charge is -2.09. The monoisotopic (exact) mass is 473 g/mol. The molecule has 0 spiro atoms. The molecule has 0 amide bonds. The first-order valence-corrected chi connectivity index (χ1v) is 10.8. The van der Waals surface area contributed by atoms with Crippen molar-refractivity contribution in [2.75, 3.05) is 11.1 Å². The number of para-hydroxylation sites is 1. The van der Waals surface area contributed by atoms with Crippen molar-refractivity contribution in [3.8, 4) is 11.3 Å². The van der Waals surface area contributed by atoms with E-state index in [-0.39, 0.29) is 10.7 Å². The van der Waals surface area contributed by atoms with Gasteiger partial charge in [-0.15, -0.1) is 11.3 Å². The second-order valence-electron chi connectivity index (χ2n) is 6.71. The number of thiophene rings is 1. The second-order valence-corrected chi connectivity index (χ2v) is 8.87. The number of halogens is 2. The fraction of sp³-hybridized carbons (Fsp3) is 0.0952. The van der Waals surface area contributed by atoms with Crippen molar-refractivity contribution in [3.63, 3.8) is 0 Å². The van der Waals surface area contributed by atoms with Crippen molar-refractivity contribution in [1.82, 2.24) is 14.3 Å². The number of anilines is 2. The Labute approximate surface area is 191 Å². The summed E-state index contributed by atoms with van der Waals surface area (Å²) in [6.07, 6.45) is 0. The van der Waals surface area contributed by atoms with Gasteiger partial charge in [-0.2, -0.15) is 9.78 Å². The molecular weight excluding hydrogens is 457 g/mol. The van der Waals surface area contributed by atoms with E-state index in [1.165, 1.54) is 26.7 Å². The summed E-state index contributed by atoms with van der Waals surface area (Å²) < 4.78 is 3.24. The van der Waals surface area contributed by atoms with E-state index in [1.54, 1.807) is 43.4 Å². The number of carbonyl (C=O) groups is 1. The highest BCUT2D eigenvalue weighted by Crippen LogP contribution is 2.29. The average molecular weight is 474 g/mol. The highest BCUT2D eigenvalue weighted by Gasteiger charge is 2.20. The summed E-state index contributed by atoms with van der Waals surface area (Å²) in [5.74, 6) is 0.0645. The Hall–Kier alpha value is -3.07. The molecule has 3 heterocycles. The van der Waals surface area contributed by atoms with Gasteiger partial charge in [0.05, 0.1) is 22.1 Å². The van der Waals surface area contributed by atoms with E-state index in [0.717, 1.165) is 4.88 Å². The first-order chi connectivity index (χ1) is 14.8. The maximum absolute atomic E-state index is 13.2. The van der Waals surface area contributed by atoms with Crippen LogP contribution in [0.4, 0.5) is 11.5 Å². The van der Waals surface area contributed by atoms with Gasteiger partial charge in [-0.05, 0) is 30.3 Å². The first kappa shape index (κ1) is 21.2. The molecule has 3 aromatic heterocycles. The number of hydrogen-bond acceptors (Lipinski definition) is 6. The molecule has 0 unspecified atom stereocenters. The Bertz CT molecular complexity index is 1340. The largest absolute Gasteiger partial charge is 0.398 e. The predicted octanol–water partition coefficient (Wildman–Crippen LogP) is 4.50. The van der Waals surface area contributed by atoms with Gasteiger partial charge >= 0.3 is 0 Å². The molecule has 7 nitrogen and oxygen atoms in total. The second kappa shape index (κ2) is 8.58. The molecule has 0 saturated carbocycles. The topological polar surface area (TPSA) is 94.9 Å². The lowest BCUT2D eigenvalue weighted by atomic mass is 10.2. The third-order valence-corrected chi connectivity index (χ3v) is 6.37. The number of rotatable bonds is 5. The van der Waals surface area contributed by atoms with Crippen molar-refractivity contribution in [2.45, 2.75) is 6.54 Å². The van der Waals surface area contributed by atoms with Gasteiger partial charge in [-0.1, -0.05) is 35.3 Å². The van der Waals surface area contributed by atoms with Crippen LogP contribution in [0, 0.1) is 0 Å². The lowest BCUT2D eigenvalue weighted by molar-refractivity contribution is 0.0949. The van der Waals surface area contributed by atoms with Gasteiger partial charge < -0.3 is 15.6 Å². The van der Waals surface area contributed by atoms with Gasteiger partial charge in [0.2, 0.25) is 0 Å². The number of pyridine rings is 1. The standard InChI is InChI=1S/C21H17Cl2N5O2S/c1-27-19(29)9-7-14(20(27)23)16-10-18(25-11-12-6-8-17(22)31-12)28(26-16)21(30)13-4-2-3-5-15(13)24/h2-10,25H,11,24H2,1H3. The van der Waals surface area contributed by atoms with Gasteiger partial charge in [0.1, 0.15) is 11.0 Å². The molecule has 0 aliphatic heterocycles. The normalized spacial score (nSPS) is 10.9. The summed E-state index contributed by atoms with van der Waals surface area (Å²) >= 11 is 13.8. The summed E-state index contributed by atoms with van der Waals surface area (Å²) in [5.41, 5.74) is 7.40. The van der Waals surface area contributed by atoms with Crippen LogP contribution >= 0.6 is 34.5 Å². The van der Waals surface area contributed by atoms with Crippen LogP contribution in [0.15, 0.2) is 59.4 Å². The lowest BCUT2D eigenvalue weighted by Crippen LogP contribution is -2.18. The van der Waals surface area contributed by atoms with Crippen molar-refractivity contribution in [1.29, 1.82) is 0 Å². The van der Waals surface area contributed by atoms with Crippen molar-refractivity contribution < 1.29 is 4.79 Å². The molecule has 10 heteroatoms. The minimum atomic E-state index is -0.392. The van der Waals surface area contributed by atoms with E-state index in [4.69, 9.17) is 28.9 Å². The van der Waals surface area contributed by atoms with Crippen molar-refractivity contribution >= 4 is 52.0 Å². The van der Waals surface area contributed by atoms with Crippen LogP contribution in [0.5, 0.6) is 0 Å². The smallest absolute Gasteiger partial charge is 0.282 e. The molecule has 0 saturated heterocycles. The zero-order valence-electron chi connectivity index (χ0n) is 16.3. The number of benzene rings is 1. The van der Waals surface area contributed by atoms with Crippen LogP contribution < -0.4 is 16.6 Å². The summed E-state index contributed by atoms with van der Waals surface area (Å²) in [4.78, 5) is 26.1. The third-order valence-electron chi connectivity index (χ3n) is 4.68. The molecule has 4 aromatic rings. The summed E-state index contributed by atoms with van der Waals surface area (Å²) in [6, 6.07) is 15.2. The quantitative estimate of drug-likeness (QED) is 0.328. The average Bonchev–Trinajstić information content (AvgIpc) is 3.36. The van der Waals surface area contributed by atoms with E-state index in [9.17, 15) is 9.59 Å². The fourth-order valence-corrected chi connectivity index (χ4v) is 4.30. The van der Waals surface area contributed by atoms with Gasteiger partial charge in [0.15, 0.2) is 0 Å². The highest BCUT2D eigenvalue weighted by molar-refractivity contribution is 7.16. The minimum Gasteiger partial charge on any atom is -0.398 e. The van der Waals surface area contributed by atoms with E-state index in [2.05, 4.69) is 10.4 Å². The first-order valence-electron chi connectivity index (χ1n) is 9.18. The zero-order chi connectivity index (χ0) is 22.1. The number of carbonyl (C=O) groups excluding carboxylic acids is 1. The maximum atomic E-state index is 13.2. The Morgan fingerprint density at radius 2 is 1.94 bits per heavy atom.